The summed E-state index contributed by atoms with van der Waals surface area (Å²) in [6.45, 7) is 6.95. The summed E-state index contributed by atoms with van der Waals surface area (Å²) in [7, 11) is 5.73. The molecule has 114 valence electrons. The van der Waals surface area contributed by atoms with Crippen molar-refractivity contribution in [2.75, 3.05) is 52.8 Å². The van der Waals surface area contributed by atoms with E-state index in [4.69, 9.17) is 9.47 Å². The first-order chi connectivity index (χ1) is 9.52. The number of hydrogen-bond acceptors (Lipinski definition) is 6. The molecule has 0 bridgehead atoms. The first kappa shape index (κ1) is 16.7. The second-order valence-electron chi connectivity index (χ2n) is 5.18. The van der Waals surface area contributed by atoms with E-state index in [2.05, 4.69) is 34.0 Å². The minimum Gasteiger partial charge on any atom is -0.475 e. The molecular formula is C14H26N4O2. The number of anilines is 1. The van der Waals surface area contributed by atoms with Crippen molar-refractivity contribution in [3.8, 4) is 5.88 Å². The predicted molar refractivity (Wildman–Crippen MR) is 80.5 cm³/mol. The van der Waals surface area contributed by atoms with Gasteiger partial charge in [0, 0.05) is 32.2 Å². The van der Waals surface area contributed by atoms with Crippen LogP contribution >= 0.6 is 0 Å². The van der Waals surface area contributed by atoms with E-state index in [1.807, 2.05) is 20.2 Å². The molecule has 0 atom stereocenters. The Morgan fingerprint density at radius 1 is 1.25 bits per heavy atom. The topological polar surface area (TPSA) is 59.5 Å². The fourth-order valence-electron chi connectivity index (χ4n) is 1.50. The number of ether oxygens (including phenoxy) is 2. The van der Waals surface area contributed by atoms with Crippen molar-refractivity contribution in [2.45, 2.75) is 19.8 Å². The second kappa shape index (κ2) is 8.71. The fourth-order valence-corrected chi connectivity index (χ4v) is 1.50. The molecule has 1 aromatic rings. The Hall–Kier alpha value is -1.40. The molecule has 6 nitrogen and oxygen atoms in total. The van der Waals surface area contributed by atoms with Gasteiger partial charge < -0.3 is 19.7 Å². The third-order valence-corrected chi connectivity index (χ3v) is 2.64. The molecule has 6 heteroatoms. The molecule has 0 aliphatic rings. The average Bonchev–Trinajstić information content (AvgIpc) is 2.38. The van der Waals surface area contributed by atoms with Gasteiger partial charge in [0.15, 0.2) is 0 Å². The first-order valence-corrected chi connectivity index (χ1v) is 6.92. The lowest BCUT2D eigenvalue weighted by Gasteiger charge is -2.14. The molecule has 0 unspecified atom stereocenters. The maximum absolute atomic E-state index is 5.58. The van der Waals surface area contributed by atoms with Crippen LogP contribution in [0.4, 0.5) is 5.82 Å². The standard InChI is InChI=1S/C14H26N4O2/c1-11(2)14-16-12(15-6-7-18(3)4)10-13(17-14)20-9-8-19-5/h10-11H,6-9H2,1-5H3,(H,15,16,17). The van der Waals surface area contributed by atoms with E-state index in [0.29, 0.717) is 19.1 Å². The second-order valence-corrected chi connectivity index (χ2v) is 5.18. The minimum atomic E-state index is 0.260. The lowest BCUT2D eigenvalue weighted by molar-refractivity contribution is 0.143. The van der Waals surface area contributed by atoms with Gasteiger partial charge in [-0.1, -0.05) is 13.8 Å². The van der Waals surface area contributed by atoms with Gasteiger partial charge in [-0.3, -0.25) is 0 Å². The van der Waals surface area contributed by atoms with Crippen LogP contribution in [0.1, 0.15) is 25.6 Å². The van der Waals surface area contributed by atoms with Crippen LogP contribution in [0.5, 0.6) is 5.88 Å². The molecule has 20 heavy (non-hydrogen) atoms. The van der Waals surface area contributed by atoms with Crippen LogP contribution in [0.15, 0.2) is 6.07 Å². The van der Waals surface area contributed by atoms with Gasteiger partial charge in [0.25, 0.3) is 0 Å². The van der Waals surface area contributed by atoms with E-state index in [0.717, 1.165) is 24.7 Å². The van der Waals surface area contributed by atoms with Crippen molar-refractivity contribution in [2.24, 2.45) is 0 Å². The largest absolute Gasteiger partial charge is 0.475 e. The maximum Gasteiger partial charge on any atom is 0.218 e. The number of nitrogens with zero attached hydrogens (tertiary/aromatic N) is 3. The van der Waals surface area contributed by atoms with Crippen molar-refractivity contribution in [1.29, 1.82) is 0 Å². The highest BCUT2D eigenvalue weighted by atomic mass is 16.5. The number of hydrogen-bond donors (Lipinski definition) is 1. The first-order valence-electron chi connectivity index (χ1n) is 6.92. The zero-order valence-corrected chi connectivity index (χ0v) is 13.1. The third-order valence-electron chi connectivity index (χ3n) is 2.64. The van der Waals surface area contributed by atoms with Gasteiger partial charge in [0.05, 0.1) is 6.61 Å². The Bertz CT molecular complexity index is 397. The quantitative estimate of drug-likeness (QED) is 0.694. The van der Waals surface area contributed by atoms with Crippen LogP contribution < -0.4 is 10.1 Å². The summed E-state index contributed by atoms with van der Waals surface area (Å²) in [6.07, 6.45) is 0. The summed E-state index contributed by atoms with van der Waals surface area (Å²) in [6, 6.07) is 1.83. The summed E-state index contributed by atoms with van der Waals surface area (Å²) < 4.78 is 10.6. The molecule has 1 N–H and O–H groups in total. The molecule has 0 aliphatic carbocycles. The Balaban J connectivity index is 2.71. The van der Waals surface area contributed by atoms with Gasteiger partial charge >= 0.3 is 0 Å². The summed E-state index contributed by atoms with van der Waals surface area (Å²) in [5.74, 6) is 2.44. The van der Waals surface area contributed by atoms with E-state index in [1.165, 1.54) is 0 Å². The van der Waals surface area contributed by atoms with Crippen LogP contribution in [0.25, 0.3) is 0 Å². The van der Waals surface area contributed by atoms with Gasteiger partial charge in [0.2, 0.25) is 5.88 Å². The number of methoxy groups -OCH3 is 1. The predicted octanol–water partition coefficient (Wildman–Crippen LogP) is 1.60. The average molecular weight is 282 g/mol. The molecule has 1 heterocycles. The van der Waals surface area contributed by atoms with E-state index in [-0.39, 0.29) is 5.92 Å². The lowest BCUT2D eigenvalue weighted by Crippen LogP contribution is -2.21. The highest BCUT2D eigenvalue weighted by Crippen LogP contribution is 2.18. The van der Waals surface area contributed by atoms with Gasteiger partial charge in [-0.15, -0.1) is 0 Å². The zero-order chi connectivity index (χ0) is 15.0. The minimum absolute atomic E-state index is 0.260. The fraction of sp³-hybridized carbons (Fsp3) is 0.714. The van der Waals surface area contributed by atoms with Gasteiger partial charge in [0.1, 0.15) is 18.2 Å². The molecular weight excluding hydrogens is 256 g/mol. The molecule has 0 saturated heterocycles. The number of nitrogens with one attached hydrogen (secondary N) is 1. The Morgan fingerprint density at radius 3 is 2.60 bits per heavy atom. The Kier molecular flexibility index (Phi) is 7.25. The highest BCUT2D eigenvalue weighted by molar-refractivity contribution is 5.38. The Labute approximate surface area is 121 Å². The number of aromatic nitrogens is 2. The molecule has 0 spiro atoms. The molecule has 0 amide bonds. The smallest absolute Gasteiger partial charge is 0.218 e. The molecule has 0 fully saturated rings. The molecule has 0 aromatic carbocycles. The lowest BCUT2D eigenvalue weighted by atomic mass is 10.2. The van der Waals surface area contributed by atoms with E-state index in [9.17, 15) is 0 Å². The normalized spacial score (nSPS) is 11.2. The maximum atomic E-state index is 5.58. The SMILES string of the molecule is COCCOc1cc(NCCN(C)C)nc(C(C)C)n1. The zero-order valence-electron chi connectivity index (χ0n) is 13.1. The molecule has 0 aliphatic heterocycles. The molecule has 1 aromatic heterocycles. The highest BCUT2D eigenvalue weighted by Gasteiger charge is 2.09. The van der Waals surface area contributed by atoms with Crippen molar-refractivity contribution >= 4 is 5.82 Å². The van der Waals surface area contributed by atoms with Crippen molar-refractivity contribution in [3.63, 3.8) is 0 Å². The van der Waals surface area contributed by atoms with Crippen LogP contribution in [-0.4, -0.2) is 62.4 Å². The summed E-state index contributed by atoms with van der Waals surface area (Å²) in [4.78, 5) is 11.0. The van der Waals surface area contributed by atoms with E-state index >= 15 is 0 Å². The van der Waals surface area contributed by atoms with Gasteiger partial charge in [-0.2, -0.15) is 4.98 Å². The summed E-state index contributed by atoms with van der Waals surface area (Å²) >= 11 is 0. The van der Waals surface area contributed by atoms with E-state index < -0.39 is 0 Å². The van der Waals surface area contributed by atoms with E-state index in [1.54, 1.807) is 7.11 Å². The summed E-state index contributed by atoms with van der Waals surface area (Å²) in [5.41, 5.74) is 0. The molecule has 0 radical (unpaired) electrons. The third kappa shape index (κ3) is 6.16. The van der Waals surface area contributed by atoms with Crippen LogP contribution in [-0.2, 0) is 4.74 Å². The summed E-state index contributed by atoms with van der Waals surface area (Å²) in [5, 5.41) is 3.30. The van der Waals surface area contributed by atoms with Gasteiger partial charge in [-0.25, -0.2) is 4.98 Å². The van der Waals surface area contributed by atoms with Crippen LogP contribution in [0, 0.1) is 0 Å². The number of rotatable bonds is 9. The van der Waals surface area contributed by atoms with Crippen molar-refractivity contribution < 1.29 is 9.47 Å². The van der Waals surface area contributed by atoms with Crippen LogP contribution in [0.3, 0.4) is 0 Å². The Morgan fingerprint density at radius 2 is 2.00 bits per heavy atom. The van der Waals surface area contributed by atoms with Crippen LogP contribution in [0.2, 0.25) is 0 Å². The molecule has 1 rings (SSSR count). The molecule has 0 saturated carbocycles. The van der Waals surface area contributed by atoms with Crippen molar-refractivity contribution in [3.05, 3.63) is 11.9 Å². The van der Waals surface area contributed by atoms with Crippen molar-refractivity contribution in [1.82, 2.24) is 14.9 Å². The number of likely N-dealkylation sites (N-methyl/N-ethyl adjacent to an activating group) is 1. The monoisotopic (exact) mass is 282 g/mol. The van der Waals surface area contributed by atoms with Gasteiger partial charge in [-0.05, 0) is 14.1 Å².